The van der Waals surface area contributed by atoms with E-state index in [2.05, 4.69) is 5.32 Å². The van der Waals surface area contributed by atoms with Crippen molar-refractivity contribution in [3.63, 3.8) is 0 Å². The molecule has 0 radical (unpaired) electrons. The van der Waals surface area contributed by atoms with Gasteiger partial charge in [0.1, 0.15) is 12.6 Å². The first-order chi connectivity index (χ1) is 18.4. The minimum absolute atomic E-state index is 0.0000114. The molecule has 39 heavy (non-hydrogen) atoms. The van der Waals surface area contributed by atoms with Gasteiger partial charge in [0.25, 0.3) is 10.0 Å². The van der Waals surface area contributed by atoms with E-state index < -0.39 is 28.5 Å². The van der Waals surface area contributed by atoms with Crippen LogP contribution in [0.4, 0.5) is 5.69 Å². The largest absolute Gasteiger partial charge is 0.354 e. The van der Waals surface area contributed by atoms with E-state index in [1.165, 1.54) is 29.2 Å². The Balaban J connectivity index is 2.04. The van der Waals surface area contributed by atoms with Crippen LogP contribution in [0.1, 0.15) is 31.9 Å². The van der Waals surface area contributed by atoms with Gasteiger partial charge in [-0.1, -0.05) is 91.1 Å². The lowest BCUT2D eigenvalue weighted by atomic mass is 10.1. The second kappa shape index (κ2) is 13.3. The highest BCUT2D eigenvalue weighted by atomic mass is 35.5. The summed E-state index contributed by atoms with van der Waals surface area (Å²) in [5, 5.41) is 3.01. The molecule has 3 aromatic carbocycles. The quantitative estimate of drug-likeness (QED) is 0.311. The number of rotatable bonds is 11. The molecular weight excluding hydrogens is 557 g/mol. The van der Waals surface area contributed by atoms with Gasteiger partial charge in [-0.3, -0.25) is 13.9 Å². The van der Waals surface area contributed by atoms with Crippen molar-refractivity contribution in [3.05, 3.63) is 94.0 Å². The van der Waals surface area contributed by atoms with Gasteiger partial charge in [-0.15, -0.1) is 0 Å². The lowest BCUT2D eigenvalue weighted by molar-refractivity contribution is -0.139. The normalized spacial score (nSPS) is 12.2. The van der Waals surface area contributed by atoms with E-state index in [0.717, 1.165) is 15.4 Å². The highest BCUT2D eigenvalue weighted by Gasteiger charge is 2.33. The van der Waals surface area contributed by atoms with Crippen LogP contribution in [0.25, 0.3) is 0 Å². The van der Waals surface area contributed by atoms with Gasteiger partial charge in [-0.2, -0.15) is 0 Å². The second-order valence-corrected chi connectivity index (χ2v) is 12.4. The highest BCUT2D eigenvalue weighted by molar-refractivity contribution is 7.92. The van der Waals surface area contributed by atoms with Crippen molar-refractivity contribution < 1.29 is 18.0 Å². The van der Waals surface area contributed by atoms with Gasteiger partial charge in [0, 0.05) is 13.1 Å². The number of aryl methyl sites for hydroxylation is 1. The zero-order valence-corrected chi connectivity index (χ0v) is 24.7. The second-order valence-electron chi connectivity index (χ2n) is 9.72. The first kappa shape index (κ1) is 30.5. The fourth-order valence-electron chi connectivity index (χ4n) is 3.85. The average molecular weight is 591 g/mol. The highest BCUT2D eigenvalue weighted by Crippen LogP contribution is 2.35. The summed E-state index contributed by atoms with van der Waals surface area (Å²) >= 11 is 12.7. The van der Waals surface area contributed by atoms with Gasteiger partial charge < -0.3 is 10.2 Å². The number of carbonyl (C=O) groups is 2. The average Bonchev–Trinajstić information content (AvgIpc) is 2.91. The Labute approximate surface area is 240 Å². The van der Waals surface area contributed by atoms with Gasteiger partial charge in [-0.25, -0.2) is 8.42 Å². The van der Waals surface area contributed by atoms with E-state index >= 15 is 0 Å². The maximum atomic E-state index is 13.9. The number of amides is 2. The molecule has 0 fully saturated rings. The van der Waals surface area contributed by atoms with Crippen LogP contribution in [0.5, 0.6) is 0 Å². The molecule has 0 aliphatic carbocycles. The number of carbonyl (C=O) groups excluding carboxylic acids is 2. The summed E-state index contributed by atoms with van der Waals surface area (Å²) in [5.41, 5.74) is 1.74. The molecule has 3 aromatic rings. The molecule has 0 heterocycles. The van der Waals surface area contributed by atoms with E-state index in [1.54, 1.807) is 25.1 Å². The van der Waals surface area contributed by atoms with Crippen molar-refractivity contribution in [3.8, 4) is 0 Å². The third kappa shape index (κ3) is 7.75. The zero-order valence-electron chi connectivity index (χ0n) is 22.4. The molecule has 10 heteroatoms. The smallest absolute Gasteiger partial charge is 0.264 e. The van der Waals surface area contributed by atoms with E-state index in [9.17, 15) is 18.0 Å². The Bertz CT molecular complexity index is 1400. The number of hydrogen-bond acceptors (Lipinski definition) is 4. The van der Waals surface area contributed by atoms with Crippen molar-refractivity contribution in [2.75, 3.05) is 17.4 Å². The number of hydrogen-bond donors (Lipinski definition) is 1. The molecule has 7 nitrogen and oxygen atoms in total. The maximum Gasteiger partial charge on any atom is 0.264 e. The topological polar surface area (TPSA) is 86.8 Å². The summed E-state index contributed by atoms with van der Waals surface area (Å²) in [6.45, 7) is 7.38. The fraction of sp³-hybridized carbons (Fsp3) is 0.310. The van der Waals surface area contributed by atoms with Gasteiger partial charge in [-0.05, 0) is 49.6 Å². The van der Waals surface area contributed by atoms with Crippen LogP contribution in [-0.4, -0.2) is 44.3 Å². The molecule has 0 aromatic heterocycles. The van der Waals surface area contributed by atoms with Crippen molar-refractivity contribution >= 4 is 50.7 Å². The first-order valence-electron chi connectivity index (χ1n) is 12.6. The Kier molecular flexibility index (Phi) is 10.4. The SMILES string of the molecule is Cc1ccc(S(=O)(=O)N(CC(=O)N(Cc2ccccc2)C(C)C(=O)NCC(C)C)c2cccc(Cl)c2Cl)cc1. The van der Waals surface area contributed by atoms with Gasteiger partial charge in [0.05, 0.1) is 20.6 Å². The minimum Gasteiger partial charge on any atom is -0.354 e. The predicted molar refractivity (Wildman–Crippen MR) is 156 cm³/mol. The molecule has 0 saturated heterocycles. The van der Waals surface area contributed by atoms with E-state index in [-0.39, 0.29) is 39.0 Å². The summed E-state index contributed by atoms with van der Waals surface area (Å²) in [6, 6.07) is 19.2. The Morgan fingerprint density at radius 1 is 0.897 bits per heavy atom. The first-order valence-corrected chi connectivity index (χ1v) is 14.8. The number of halogens is 2. The molecule has 1 atom stereocenters. The molecule has 0 spiro atoms. The van der Waals surface area contributed by atoms with Crippen LogP contribution in [0.15, 0.2) is 77.7 Å². The summed E-state index contributed by atoms with van der Waals surface area (Å²) in [4.78, 5) is 28.3. The van der Waals surface area contributed by atoms with Crippen molar-refractivity contribution in [2.45, 2.75) is 45.2 Å². The van der Waals surface area contributed by atoms with Gasteiger partial charge >= 0.3 is 0 Å². The van der Waals surface area contributed by atoms with Crippen molar-refractivity contribution in [1.29, 1.82) is 0 Å². The third-order valence-corrected chi connectivity index (χ3v) is 8.72. The molecule has 0 aliphatic rings. The standard InChI is InChI=1S/C29H33Cl2N3O4S/c1-20(2)17-32-29(36)22(4)33(18-23-9-6-5-7-10-23)27(35)19-34(26-12-8-11-25(30)28(26)31)39(37,38)24-15-13-21(3)14-16-24/h5-16,20,22H,17-19H2,1-4H3,(H,32,36). The van der Waals surface area contributed by atoms with Crippen LogP contribution in [0, 0.1) is 12.8 Å². The lowest BCUT2D eigenvalue weighted by Crippen LogP contribution is -2.51. The van der Waals surface area contributed by atoms with Crippen molar-refractivity contribution in [2.24, 2.45) is 5.92 Å². The number of anilines is 1. The van der Waals surface area contributed by atoms with Crippen LogP contribution in [0.2, 0.25) is 10.0 Å². The molecule has 0 saturated carbocycles. The monoisotopic (exact) mass is 589 g/mol. The van der Waals surface area contributed by atoms with Crippen molar-refractivity contribution in [1.82, 2.24) is 10.2 Å². The van der Waals surface area contributed by atoms with Crippen LogP contribution in [0.3, 0.4) is 0 Å². The molecule has 208 valence electrons. The Hall–Kier alpha value is -3.07. The molecule has 0 aliphatic heterocycles. The van der Waals surface area contributed by atoms with E-state index in [4.69, 9.17) is 23.2 Å². The molecule has 1 unspecified atom stereocenters. The molecule has 1 N–H and O–H groups in total. The fourth-order valence-corrected chi connectivity index (χ4v) is 5.72. The Morgan fingerprint density at radius 2 is 1.54 bits per heavy atom. The molecular formula is C29H33Cl2N3O4S. The van der Waals surface area contributed by atoms with Crippen LogP contribution >= 0.6 is 23.2 Å². The van der Waals surface area contributed by atoms with E-state index in [1.807, 2.05) is 51.1 Å². The van der Waals surface area contributed by atoms with Gasteiger partial charge in [0.15, 0.2) is 0 Å². The van der Waals surface area contributed by atoms with Crippen LogP contribution < -0.4 is 9.62 Å². The number of nitrogens with zero attached hydrogens (tertiary/aromatic N) is 2. The summed E-state index contributed by atoms with van der Waals surface area (Å²) in [5.74, 6) is -0.681. The number of sulfonamides is 1. The summed E-state index contributed by atoms with van der Waals surface area (Å²) in [7, 11) is -4.24. The summed E-state index contributed by atoms with van der Waals surface area (Å²) in [6.07, 6.45) is 0. The minimum atomic E-state index is -4.24. The Morgan fingerprint density at radius 3 is 2.15 bits per heavy atom. The lowest BCUT2D eigenvalue weighted by Gasteiger charge is -2.32. The maximum absolute atomic E-state index is 13.9. The molecule has 2 amide bonds. The van der Waals surface area contributed by atoms with E-state index in [0.29, 0.717) is 6.54 Å². The van der Waals surface area contributed by atoms with Gasteiger partial charge in [0.2, 0.25) is 11.8 Å². The summed E-state index contributed by atoms with van der Waals surface area (Å²) < 4.78 is 28.7. The predicted octanol–water partition coefficient (Wildman–Crippen LogP) is 5.69. The zero-order chi connectivity index (χ0) is 28.7. The number of benzene rings is 3. The molecule has 3 rings (SSSR count). The number of nitrogens with one attached hydrogen (secondary N) is 1. The van der Waals surface area contributed by atoms with Crippen LogP contribution in [-0.2, 0) is 26.2 Å². The molecule has 0 bridgehead atoms. The third-order valence-electron chi connectivity index (χ3n) is 6.14.